The molecule has 1 N–H and O–H groups in total. The molecule has 1 heterocycles. The van der Waals surface area contributed by atoms with Crippen LogP contribution >= 0.6 is 11.6 Å². The molecule has 2 aromatic rings. The summed E-state index contributed by atoms with van der Waals surface area (Å²) in [6.07, 6.45) is 4.92. The molecule has 0 radical (unpaired) electrons. The zero-order chi connectivity index (χ0) is 13.0. The molecule has 5 heteroatoms. The molecule has 94 valence electrons. The van der Waals surface area contributed by atoms with Gasteiger partial charge in [0.1, 0.15) is 12.1 Å². The van der Waals surface area contributed by atoms with Crippen molar-refractivity contribution < 1.29 is 4.39 Å². The van der Waals surface area contributed by atoms with Crippen molar-refractivity contribution in [2.75, 3.05) is 6.54 Å². The van der Waals surface area contributed by atoms with E-state index in [1.54, 1.807) is 18.5 Å². The Kier molecular flexibility index (Phi) is 4.23. The third-order valence-corrected chi connectivity index (χ3v) is 2.92. The predicted molar refractivity (Wildman–Crippen MR) is 69.0 cm³/mol. The Morgan fingerprint density at radius 2 is 2.06 bits per heavy atom. The molecule has 0 bridgehead atoms. The van der Waals surface area contributed by atoms with Crippen LogP contribution in [-0.2, 0) is 0 Å². The van der Waals surface area contributed by atoms with Gasteiger partial charge in [-0.1, -0.05) is 24.6 Å². The van der Waals surface area contributed by atoms with E-state index in [1.807, 2.05) is 6.92 Å². The monoisotopic (exact) mass is 265 g/mol. The van der Waals surface area contributed by atoms with Crippen LogP contribution in [0.4, 0.5) is 4.39 Å². The van der Waals surface area contributed by atoms with Crippen LogP contribution in [0.2, 0.25) is 5.02 Å². The van der Waals surface area contributed by atoms with Crippen LogP contribution in [-0.4, -0.2) is 16.5 Å². The predicted octanol–water partition coefficient (Wildman–Crippen LogP) is 2.97. The molecule has 18 heavy (non-hydrogen) atoms. The molecular weight excluding hydrogens is 253 g/mol. The van der Waals surface area contributed by atoms with Gasteiger partial charge in [0.2, 0.25) is 0 Å². The van der Waals surface area contributed by atoms with Gasteiger partial charge in [-0.3, -0.25) is 0 Å². The summed E-state index contributed by atoms with van der Waals surface area (Å²) < 4.78 is 13.1. The fourth-order valence-electron chi connectivity index (χ4n) is 1.81. The average Bonchev–Trinajstić information content (AvgIpc) is 2.38. The van der Waals surface area contributed by atoms with Crippen molar-refractivity contribution in [1.82, 2.24) is 15.3 Å². The van der Waals surface area contributed by atoms with Crippen LogP contribution in [0.5, 0.6) is 0 Å². The van der Waals surface area contributed by atoms with Gasteiger partial charge in [-0.15, -0.1) is 0 Å². The first-order valence-corrected chi connectivity index (χ1v) is 6.03. The molecule has 1 aromatic heterocycles. The highest BCUT2D eigenvalue weighted by Crippen LogP contribution is 2.28. The third-order valence-electron chi connectivity index (χ3n) is 2.60. The van der Waals surface area contributed by atoms with Gasteiger partial charge in [0, 0.05) is 23.0 Å². The van der Waals surface area contributed by atoms with E-state index in [2.05, 4.69) is 15.3 Å². The lowest BCUT2D eigenvalue weighted by molar-refractivity contribution is 0.611. The quantitative estimate of drug-likeness (QED) is 0.924. The summed E-state index contributed by atoms with van der Waals surface area (Å²) in [4.78, 5) is 7.98. The molecule has 0 saturated carbocycles. The minimum absolute atomic E-state index is 0.135. The Bertz CT molecular complexity index is 519. The molecule has 3 nitrogen and oxygen atoms in total. The molecule has 0 spiro atoms. The van der Waals surface area contributed by atoms with Crippen LogP contribution in [0, 0.1) is 5.82 Å². The number of hydrogen-bond donors (Lipinski definition) is 1. The maximum Gasteiger partial charge on any atom is 0.124 e. The highest BCUT2D eigenvalue weighted by molar-refractivity contribution is 6.31. The van der Waals surface area contributed by atoms with Gasteiger partial charge in [0.25, 0.3) is 0 Å². The molecule has 2 rings (SSSR count). The van der Waals surface area contributed by atoms with Crippen molar-refractivity contribution in [1.29, 1.82) is 0 Å². The first kappa shape index (κ1) is 12.9. The van der Waals surface area contributed by atoms with Crippen molar-refractivity contribution in [2.24, 2.45) is 0 Å². The highest BCUT2D eigenvalue weighted by atomic mass is 35.5. The Labute approximate surface area is 110 Å². The van der Waals surface area contributed by atoms with E-state index in [0.29, 0.717) is 5.02 Å². The standard InChI is InChI=1S/C13H13ClFN3/c1-2-18-13(9-6-16-8-17-7-9)11-4-3-10(15)5-12(11)14/h3-8,13,18H,2H2,1H3. The van der Waals surface area contributed by atoms with E-state index in [1.165, 1.54) is 18.5 Å². The first-order valence-electron chi connectivity index (χ1n) is 5.65. The molecule has 1 unspecified atom stereocenters. The molecule has 1 aromatic carbocycles. The van der Waals surface area contributed by atoms with E-state index < -0.39 is 0 Å². The number of hydrogen-bond acceptors (Lipinski definition) is 3. The minimum Gasteiger partial charge on any atom is -0.306 e. The summed E-state index contributed by atoms with van der Waals surface area (Å²) in [5.74, 6) is -0.344. The lowest BCUT2D eigenvalue weighted by Gasteiger charge is -2.19. The third kappa shape index (κ3) is 2.83. The fraction of sp³-hybridized carbons (Fsp3) is 0.231. The molecule has 0 aliphatic carbocycles. The van der Waals surface area contributed by atoms with Crippen molar-refractivity contribution in [2.45, 2.75) is 13.0 Å². The zero-order valence-electron chi connectivity index (χ0n) is 9.90. The number of aromatic nitrogens is 2. The molecule has 0 saturated heterocycles. The van der Waals surface area contributed by atoms with E-state index >= 15 is 0 Å². The van der Waals surface area contributed by atoms with E-state index in [4.69, 9.17) is 11.6 Å². The molecule has 0 aliphatic rings. The van der Waals surface area contributed by atoms with Gasteiger partial charge >= 0.3 is 0 Å². The lowest BCUT2D eigenvalue weighted by Crippen LogP contribution is -2.22. The Hall–Kier alpha value is -1.52. The smallest absolute Gasteiger partial charge is 0.124 e. The number of nitrogens with one attached hydrogen (secondary N) is 1. The lowest BCUT2D eigenvalue weighted by atomic mass is 10.0. The Morgan fingerprint density at radius 3 is 2.67 bits per heavy atom. The summed E-state index contributed by atoms with van der Waals surface area (Å²) >= 11 is 6.09. The van der Waals surface area contributed by atoms with Crippen LogP contribution in [0.3, 0.4) is 0 Å². The van der Waals surface area contributed by atoms with Crippen LogP contribution in [0.1, 0.15) is 24.1 Å². The van der Waals surface area contributed by atoms with Crippen molar-refractivity contribution in [3.63, 3.8) is 0 Å². The largest absolute Gasteiger partial charge is 0.306 e. The van der Waals surface area contributed by atoms with Gasteiger partial charge < -0.3 is 5.32 Å². The fourth-order valence-corrected chi connectivity index (χ4v) is 2.08. The maximum absolute atomic E-state index is 13.1. The van der Waals surface area contributed by atoms with Gasteiger partial charge in [-0.25, -0.2) is 14.4 Å². The van der Waals surface area contributed by atoms with Crippen molar-refractivity contribution in [3.8, 4) is 0 Å². The summed E-state index contributed by atoms with van der Waals surface area (Å²) in [6.45, 7) is 2.75. The molecule has 1 atom stereocenters. The molecular formula is C13H13ClFN3. The Morgan fingerprint density at radius 1 is 1.33 bits per heavy atom. The van der Waals surface area contributed by atoms with Gasteiger partial charge in [0.15, 0.2) is 0 Å². The summed E-state index contributed by atoms with van der Waals surface area (Å²) in [5, 5.41) is 3.68. The first-order chi connectivity index (χ1) is 8.72. The van der Waals surface area contributed by atoms with Crippen LogP contribution < -0.4 is 5.32 Å². The second-order valence-corrected chi connectivity index (χ2v) is 4.24. The SMILES string of the molecule is CCNC(c1cncnc1)c1ccc(F)cc1Cl. The molecule has 0 amide bonds. The minimum atomic E-state index is -0.344. The molecule has 0 fully saturated rings. The van der Waals surface area contributed by atoms with Gasteiger partial charge in [-0.05, 0) is 24.2 Å². The van der Waals surface area contributed by atoms with Gasteiger partial charge in [-0.2, -0.15) is 0 Å². The van der Waals surface area contributed by atoms with Gasteiger partial charge in [0.05, 0.1) is 6.04 Å². The van der Waals surface area contributed by atoms with Crippen molar-refractivity contribution >= 4 is 11.6 Å². The average molecular weight is 266 g/mol. The summed E-state index contributed by atoms with van der Waals surface area (Å²) in [6, 6.07) is 4.25. The highest BCUT2D eigenvalue weighted by Gasteiger charge is 2.16. The van der Waals surface area contributed by atoms with Crippen LogP contribution in [0.15, 0.2) is 36.9 Å². The number of rotatable bonds is 4. The Balaban J connectivity index is 2.41. The van der Waals surface area contributed by atoms with E-state index in [9.17, 15) is 4.39 Å². The normalized spacial score (nSPS) is 12.4. The van der Waals surface area contributed by atoms with Crippen LogP contribution in [0.25, 0.3) is 0 Å². The molecule has 0 aliphatic heterocycles. The number of nitrogens with zero attached hydrogens (tertiary/aromatic N) is 2. The van der Waals surface area contributed by atoms with Crippen molar-refractivity contribution in [3.05, 3.63) is 58.9 Å². The van der Waals surface area contributed by atoms with E-state index in [-0.39, 0.29) is 11.9 Å². The number of halogens is 2. The topological polar surface area (TPSA) is 37.8 Å². The zero-order valence-corrected chi connectivity index (χ0v) is 10.7. The summed E-state index contributed by atoms with van der Waals surface area (Å²) in [5.41, 5.74) is 1.71. The number of benzene rings is 1. The van der Waals surface area contributed by atoms with E-state index in [0.717, 1.165) is 17.7 Å². The second kappa shape index (κ2) is 5.89. The maximum atomic E-state index is 13.1. The second-order valence-electron chi connectivity index (χ2n) is 3.83. The summed E-state index contributed by atoms with van der Waals surface area (Å²) in [7, 11) is 0.